The molecule has 0 spiro atoms. The highest BCUT2D eigenvalue weighted by atomic mass is 32.1. The van der Waals surface area contributed by atoms with E-state index in [1.165, 1.54) is 11.1 Å². The summed E-state index contributed by atoms with van der Waals surface area (Å²) < 4.78 is 2.11. The van der Waals surface area contributed by atoms with E-state index in [9.17, 15) is 0 Å². The Bertz CT molecular complexity index is 551. The first-order chi connectivity index (χ1) is 6.95. The van der Waals surface area contributed by atoms with Gasteiger partial charge in [0.2, 0.25) is 0 Å². The molecule has 0 amide bonds. The van der Waals surface area contributed by atoms with Crippen LogP contribution in [0.4, 0.5) is 0 Å². The number of aromatic nitrogens is 2. The first-order valence-electron chi connectivity index (χ1n) is 4.41. The van der Waals surface area contributed by atoms with Gasteiger partial charge in [-0.25, -0.2) is 4.98 Å². The van der Waals surface area contributed by atoms with E-state index in [1.807, 2.05) is 24.4 Å². The Hall–Kier alpha value is -1.61. The Labute approximate surface area is 85.4 Å². The highest BCUT2D eigenvalue weighted by Crippen LogP contribution is 2.26. The Morgan fingerprint density at radius 3 is 2.86 bits per heavy atom. The van der Waals surface area contributed by atoms with Crippen molar-refractivity contribution in [2.24, 2.45) is 0 Å². The fourth-order valence-electron chi connectivity index (χ4n) is 1.55. The summed E-state index contributed by atoms with van der Waals surface area (Å²) in [4.78, 5) is 5.41. The zero-order valence-electron chi connectivity index (χ0n) is 7.42. The summed E-state index contributed by atoms with van der Waals surface area (Å²) in [6.45, 7) is 0. The maximum absolute atomic E-state index is 4.32. The Balaban J connectivity index is 2.33. The van der Waals surface area contributed by atoms with E-state index in [-0.39, 0.29) is 0 Å². The monoisotopic (exact) mass is 200 g/mol. The van der Waals surface area contributed by atoms with Crippen molar-refractivity contribution in [2.45, 2.75) is 0 Å². The third-order valence-electron chi connectivity index (χ3n) is 2.21. The summed E-state index contributed by atoms with van der Waals surface area (Å²) >= 11 is 1.68. The summed E-state index contributed by atoms with van der Waals surface area (Å²) in [5.41, 5.74) is 1.21. The minimum atomic E-state index is 1.09. The number of pyridine rings is 1. The van der Waals surface area contributed by atoms with Crippen molar-refractivity contribution in [1.82, 2.24) is 9.55 Å². The zero-order valence-corrected chi connectivity index (χ0v) is 8.24. The normalized spacial score (nSPS) is 10.9. The van der Waals surface area contributed by atoms with Gasteiger partial charge in [0.05, 0.1) is 5.69 Å². The molecular weight excluding hydrogens is 192 g/mol. The molecule has 68 valence electrons. The first-order valence-corrected chi connectivity index (χ1v) is 5.29. The van der Waals surface area contributed by atoms with Gasteiger partial charge in [0.15, 0.2) is 0 Å². The minimum Gasteiger partial charge on any atom is -0.322 e. The predicted octanol–water partition coefficient (Wildman–Crippen LogP) is 3.09. The van der Waals surface area contributed by atoms with Crippen molar-refractivity contribution in [3.63, 3.8) is 0 Å². The van der Waals surface area contributed by atoms with E-state index < -0.39 is 0 Å². The molecule has 3 aromatic heterocycles. The minimum absolute atomic E-state index is 1.09. The van der Waals surface area contributed by atoms with Crippen molar-refractivity contribution in [3.05, 3.63) is 48.2 Å². The van der Waals surface area contributed by atoms with Crippen molar-refractivity contribution in [1.29, 1.82) is 0 Å². The molecule has 0 radical (unpaired) electrons. The van der Waals surface area contributed by atoms with Gasteiger partial charge in [0.1, 0.15) is 4.83 Å². The third-order valence-corrected chi connectivity index (χ3v) is 3.10. The van der Waals surface area contributed by atoms with Crippen LogP contribution in [0, 0.1) is 0 Å². The van der Waals surface area contributed by atoms with Gasteiger partial charge in [0, 0.05) is 29.4 Å². The van der Waals surface area contributed by atoms with Crippen LogP contribution < -0.4 is 0 Å². The highest BCUT2D eigenvalue weighted by Gasteiger charge is 2.04. The lowest BCUT2D eigenvalue weighted by molar-refractivity contribution is 1.10. The molecule has 0 aliphatic rings. The smallest absolute Gasteiger partial charge is 0.125 e. The molecule has 0 atom stereocenters. The van der Waals surface area contributed by atoms with Gasteiger partial charge in [-0.15, -0.1) is 11.3 Å². The number of nitrogens with zero attached hydrogens (tertiary/aromatic N) is 2. The van der Waals surface area contributed by atoms with Crippen LogP contribution in [0.5, 0.6) is 0 Å². The van der Waals surface area contributed by atoms with Crippen LogP contribution in [-0.4, -0.2) is 9.55 Å². The zero-order chi connectivity index (χ0) is 9.38. The van der Waals surface area contributed by atoms with E-state index in [4.69, 9.17) is 0 Å². The molecule has 0 aromatic carbocycles. The molecule has 2 nitrogen and oxygen atoms in total. The summed E-state index contributed by atoms with van der Waals surface area (Å²) in [6.07, 6.45) is 5.93. The fourth-order valence-corrected chi connectivity index (χ4v) is 2.44. The molecule has 0 saturated heterocycles. The van der Waals surface area contributed by atoms with Crippen LogP contribution in [0.25, 0.3) is 15.9 Å². The SMILES string of the molecule is c1cnc2scc(-n3cccc3)c2c1. The summed E-state index contributed by atoms with van der Waals surface area (Å²) in [5.74, 6) is 0. The predicted molar refractivity (Wildman–Crippen MR) is 58.9 cm³/mol. The van der Waals surface area contributed by atoms with Crippen molar-refractivity contribution < 1.29 is 0 Å². The molecule has 0 N–H and O–H groups in total. The van der Waals surface area contributed by atoms with Crippen LogP contribution >= 0.6 is 11.3 Å². The van der Waals surface area contributed by atoms with Crippen LogP contribution in [-0.2, 0) is 0 Å². The maximum Gasteiger partial charge on any atom is 0.125 e. The molecule has 0 fully saturated rings. The standard InChI is InChI=1S/C11H8N2S/c1-2-7-13(6-1)10-8-14-11-9(10)4-3-5-12-11/h1-8H. The summed E-state index contributed by atoms with van der Waals surface area (Å²) in [7, 11) is 0. The Kier molecular flexibility index (Phi) is 1.64. The largest absolute Gasteiger partial charge is 0.322 e. The molecule has 0 bridgehead atoms. The number of rotatable bonds is 1. The number of hydrogen-bond acceptors (Lipinski definition) is 2. The van der Waals surface area contributed by atoms with Gasteiger partial charge in [-0.05, 0) is 24.3 Å². The topological polar surface area (TPSA) is 17.8 Å². The van der Waals surface area contributed by atoms with Crippen molar-refractivity contribution >= 4 is 21.6 Å². The number of thiophene rings is 1. The molecule has 14 heavy (non-hydrogen) atoms. The second-order valence-corrected chi connectivity index (χ2v) is 3.93. The van der Waals surface area contributed by atoms with Gasteiger partial charge in [-0.2, -0.15) is 0 Å². The lowest BCUT2D eigenvalue weighted by Gasteiger charge is -1.98. The molecule has 3 rings (SSSR count). The first kappa shape index (κ1) is 7.76. The molecule has 0 unspecified atom stereocenters. The molecular formula is C11H8N2S. The lowest BCUT2D eigenvalue weighted by atomic mass is 10.3. The van der Waals surface area contributed by atoms with E-state index >= 15 is 0 Å². The average Bonchev–Trinajstić information content (AvgIpc) is 2.85. The maximum atomic E-state index is 4.32. The van der Waals surface area contributed by atoms with E-state index in [1.54, 1.807) is 11.3 Å². The lowest BCUT2D eigenvalue weighted by Crippen LogP contribution is -1.86. The number of hydrogen-bond donors (Lipinski definition) is 0. The second kappa shape index (κ2) is 2.96. The Morgan fingerprint density at radius 2 is 2.00 bits per heavy atom. The van der Waals surface area contributed by atoms with E-state index in [0.29, 0.717) is 0 Å². The van der Waals surface area contributed by atoms with Gasteiger partial charge < -0.3 is 4.57 Å². The second-order valence-electron chi connectivity index (χ2n) is 3.07. The molecule has 3 aromatic rings. The van der Waals surface area contributed by atoms with Crippen LogP contribution in [0.15, 0.2) is 48.2 Å². The van der Waals surface area contributed by atoms with E-state index in [0.717, 1.165) is 4.83 Å². The van der Waals surface area contributed by atoms with Gasteiger partial charge in [0.25, 0.3) is 0 Å². The molecule has 0 aliphatic carbocycles. The summed E-state index contributed by atoms with van der Waals surface area (Å²) in [6, 6.07) is 8.13. The van der Waals surface area contributed by atoms with Crippen LogP contribution in [0.3, 0.4) is 0 Å². The average molecular weight is 200 g/mol. The highest BCUT2D eigenvalue weighted by molar-refractivity contribution is 7.17. The fraction of sp³-hybridized carbons (Fsp3) is 0. The van der Waals surface area contributed by atoms with Gasteiger partial charge in [-0.3, -0.25) is 0 Å². The van der Waals surface area contributed by atoms with Crippen molar-refractivity contribution in [3.8, 4) is 5.69 Å². The Morgan fingerprint density at radius 1 is 1.14 bits per heavy atom. The van der Waals surface area contributed by atoms with Gasteiger partial charge in [-0.1, -0.05) is 0 Å². The van der Waals surface area contributed by atoms with E-state index in [2.05, 4.69) is 33.4 Å². The molecule has 3 heterocycles. The van der Waals surface area contributed by atoms with Crippen molar-refractivity contribution in [2.75, 3.05) is 0 Å². The summed E-state index contributed by atoms with van der Waals surface area (Å²) in [5, 5.41) is 3.35. The van der Waals surface area contributed by atoms with Crippen LogP contribution in [0.1, 0.15) is 0 Å². The number of fused-ring (bicyclic) bond motifs is 1. The van der Waals surface area contributed by atoms with Gasteiger partial charge >= 0.3 is 0 Å². The molecule has 0 saturated carbocycles. The third kappa shape index (κ3) is 1.06. The molecule has 0 aliphatic heterocycles. The quantitative estimate of drug-likeness (QED) is 0.590. The van der Waals surface area contributed by atoms with Crippen LogP contribution in [0.2, 0.25) is 0 Å². The molecule has 3 heteroatoms.